The maximum Gasteiger partial charge on any atom is 0.338 e. The first kappa shape index (κ1) is 47.9. The Balaban J connectivity index is 1.14. The zero-order valence-corrected chi connectivity index (χ0v) is 38.3. The Morgan fingerprint density at radius 1 is 0.464 bits per heavy atom. The molecule has 13 nitrogen and oxygen atoms in total. The number of carbonyl (C=O) groups is 2. The van der Waals surface area contributed by atoms with Crippen LogP contribution < -0.4 is 0 Å². The number of rotatable bonds is 17. The van der Waals surface area contributed by atoms with E-state index in [4.69, 9.17) is 52.1 Å². The number of ether oxygens (including phenoxy) is 11. The molecule has 9 rings (SSSR count). The molecule has 0 amide bonds. The Kier molecular flexibility index (Phi) is 16.6. The Bertz CT molecular complexity index is 2500. The lowest BCUT2D eigenvalue weighted by atomic mass is 9.95. The van der Waals surface area contributed by atoms with Crippen molar-refractivity contribution in [2.45, 2.75) is 94.4 Å². The molecule has 0 radical (unpaired) electrons. The zero-order valence-electron chi connectivity index (χ0n) is 38.3. The van der Waals surface area contributed by atoms with Gasteiger partial charge in [-0.15, -0.1) is 0 Å². The molecule has 10 atom stereocenters. The van der Waals surface area contributed by atoms with E-state index in [0.29, 0.717) is 0 Å². The molecule has 0 N–H and O–H groups in total. The Labute approximate surface area is 402 Å². The molecule has 69 heavy (non-hydrogen) atoms. The number of methoxy groups -OCH3 is 1. The Morgan fingerprint density at radius 3 is 1.42 bits per heavy atom. The molecule has 0 saturated carbocycles. The molecule has 6 aromatic carbocycles. The van der Waals surface area contributed by atoms with Crippen LogP contribution in [0.4, 0.5) is 0 Å². The molecule has 2 saturated heterocycles. The van der Waals surface area contributed by atoms with Gasteiger partial charge in [-0.2, -0.15) is 0 Å². The second-order valence-corrected chi connectivity index (χ2v) is 17.0. The summed E-state index contributed by atoms with van der Waals surface area (Å²) in [7, 11) is 1.51. The number of hydrogen-bond acceptors (Lipinski definition) is 13. The van der Waals surface area contributed by atoms with Gasteiger partial charge in [0.05, 0.1) is 50.8 Å². The fourth-order valence-electron chi connectivity index (χ4n) is 8.67. The van der Waals surface area contributed by atoms with E-state index in [-0.39, 0.29) is 57.4 Å². The highest BCUT2D eigenvalue weighted by Crippen LogP contribution is 2.37. The number of carbonyl (C=O) groups excluding carboxylic acids is 2. The molecule has 6 aromatic rings. The van der Waals surface area contributed by atoms with Gasteiger partial charge in [-0.1, -0.05) is 158 Å². The number of fused-ring (bicyclic) bond motifs is 4. The van der Waals surface area contributed by atoms with Crippen LogP contribution in [0.5, 0.6) is 0 Å². The summed E-state index contributed by atoms with van der Waals surface area (Å²) in [5.74, 6) is -1.44. The van der Waals surface area contributed by atoms with Gasteiger partial charge in [0.1, 0.15) is 49.3 Å². The molecule has 3 heterocycles. The van der Waals surface area contributed by atoms with Crippen LogP contribution in [0.25, 0.3) is 0 Å². The van der Waals surface area contributed by atoms with Crippen molar-refractivity contribution in [2.75, 3.05) is 20.3 Å². The minimum Gasteiger partial charge on any atom is -0.459 e. The lowest BCUT2D eigenvalue weighted by Crippen LogP contribution is -2.66. The standard InChI is InChI=1S/C56H56O13/c1-59-55-51(64-35-42-26-15-6-16-27-42)50(63-34-41-24-13-5-14-25-41)48-46(66-55)37-65-53(57)43-28-17-29-44(30-43)54(58)68-52-49(62-33-40-22-11-4-12-23-40)47(61-32-39-20-9-3-10-21-39)45(67-56(52)69-48)36-60-31-38-18-7-2-8-19-38/h2-30,45-52,55-56H,31-37H2,1H3/t45-,46-,47-,48-,49+,50+,51-,52+,55+,56+/m1/s1. The summed E-state index contributed by atoms with van der Waals surface area (Å²) >= 11 is 0. The normalized spacial score (nSPS) is 25.9. The van der Waals surface area contributed by atoms with E-state index in [1.54, 1.807) is 18.2 Å². The molecular formula is C56H56O13. The quantitative estimate of drug-likeness (QED) is 0.0811. The van der Waals surface area contributed by atoms with E-state index in [9.17, 15) is 9.59 Å². The smallest absolute Gasteiger partial charge is 0.338 e. The van der Waals surface area contributed by atoms with Crippen molar-refractivity contribution in [1.29, 1.82) is 0 Å². The third-order valence-electron chi connectivity index (χ3n) is 12.2. The molecule has 358 valence electrons. The summed E-state index contributed by atoms with van der Waals surface area (Å²) in [5.41, 5.74) is 4.77. The summed E-state index contributed by atoms with van der Waals surface area (Å²) < 4.78 is 73.1. The number of esters is 2. The average molecular weight is 937 g/mol. The Hall–Kier alpha value is -6.10. The molecule has 3 aliphatic heterocycles. The van der Waals surface area contributed by atoms with Crippen LogP contribution in [0.3, 0.4) is 0 Å². The maximum absolute atomic E-state index is 14.5. The monoisotopic (exact) mass is 936 g/mol. The second-order valence-electron chi connectivity index (χ2n) is 17.0. The first-order valence-corrected chi connectivity index (χ1v) is 23.2. The topological polar surface area (TPSA) is 136 Å². The van der Waals surface area contributed by atoms with Gasteiger partial charge in [-0.3, -0.25) is 0 Å². The van der Waals surface area contributed by atoms with Gasteiger partial charge in [0.15, 0.2) is 18.7 Å². The number of hydrogen-bond donors (Lipinski definition) is 0. The predicted molar refractivity (Wildman–Crippen MR) is 251 cm³/mol. The van der Waals surface area contributed by atoms with Crippen molar-refractivity contribution < 1.29 is 61.7 Å². The van der Waals surface area contributed by atoms with Crippen molar-refractivity contribution >= 4 is 11.9 Å². The SMILES string of the molecule is CO[C@H]1O[C@@H]2COC(=O)c3cccc(c3)C(=O)O[C@@H]3[C@H](O[C@H]2[C@H](OCc2ccccc2)[C@H]1OCc1ccccc1)O[C@H](COCc1ccccc1)[C@@H](OCc1ccccc1)[C@@H]3OCc1ccccc1. The minimum absolute atomic E-state index is 0.0345. The van der Waals surface area contributed by atoms with E-state index in [0.717, 1.165) is 27.8 Å². The maximum atomic E-state index is 14.5. The van der Waals surface area contributed by atoms with Crippen molar-refractivity contribution in [1.82, 2.24) is 0 Å². The summed E-state index contributed by atoms with van der Waals surface area (Å²) in [4.78, 5) is 28.3. The van der Waals surface area contributed by atoms with Gasteiger partial charge in [0.2, 0.25) is 0 Å². The first-order valence-electron chi connectivity index (χ1n) is 23.2. The molecule has 0 spiro atoms. The second kappa shape index (κ2) is 24.0. The van der Waals surface area contributed by atoms with E-state index in [1.165, 1.54) is 13.2 Å². The van der Waals surface area contributed by atoms with Gasteiger partial charge in [0, 0.05) is 7.11 Å². The summed E-state index contributed by atoms with van der Waals surface area (Å²) in [6.45, 7) is 0.636. The summed E-state index contributed by atoms with van der Waals surface area (Å²) in [5, 5.41) is 0. The zero-order chi connectivity index (χ0) is 47.2. The third-order valence-corrected chi connectivity index (χ3v) is 12.2. The molecule has 13 heteroatoms. The molecule has 3 aliphatic rings. The average Bonchev–Trinajstić information content (AvgIpc) is 3.40. The lowest BCUT2D eigenvalue weighted by Gasteiger charge is -2.49. The Morgan fingerprint density at radius 2 is 0.913 bits per heavy atom. The van der Waals surface area contributed by atoms with Crippen LogP contribution in [0.15, 0.2) is 176 Å². The van der Waals surface area contributed by atoms with Gasteiger partial charge >= 0.3 is 11.9 Å². The highest BCUT2D eigenvalue weighted by molar-refractivity contribution is 5.95. The van der Waals surface area contributed by atoms with Crippen molar-refractivity contribution in [3.8, 4) is 0 Å². The number of benzene rings is 6. The van der Waals surface area contributed by atoms with Gasteiger partial charge < -0.3 is 52.1 Å². The van der Waals surface area contributed by atoms with E-state index in [1.807, 2.05) is 152 Å². The highest BCUT2D eigenvalue weighted by Gasteiger charge is 2.55. The van der Waals surface area contributed by atoms with Gasteiger partial charge in [-0.05, 0) is 46.0 Å². The minimum atomic E-state index is -1.37. The summed E-state index contributed by atoms with van der Waals surface area (Å²) in [6.07, 6.45) is -10.4. The van der Waals surface area contributed by atoms with E-state index >= 15 is 0 Å². The van der Waals surface area contributed by atoms with Crippen molar-refractivity contribution in [3.63, 3.8) is 0 Å². The predicted octanol–water partition coefficient (Wildman–Crippen LogP) is 8.42. The van der Waals surface area contributed by atoms with Crippen LogP contribution >= 0.6 is 0 Å². The molecule has 0 aromatic heterocycles. The molecule has 0 unspecified atom stereocenters. The fourth-order valence-corrected chi connectivity index (χ4v) is 8.67. The van der Waals surface area contributed by atoms with Gasteiger partial charge in [-0.25, -0.2) is 9.59 Å². The lowest BCUT2D eigenvalue weighted by molar-refractivity contribution is -0.370. The largest absolute Gasteiger partial charge is 0.459 e. The molecule has 2 bridgehead atoms. The molecular weight excluding hydrogens is 881 g/mol. The van der Waals surface area contributed by atoms with Crippen LogP contribution in [0, 0.1) is 0 Å². The van der Waals surface area contributed by atoms with Crippen molar-refractivity contribution in [3.05, 3.63) is 215 Å². The van der Waals surface area contributed by atoms with Crippen LogP contribution in [0.2, 0.25) is 0 Å². The third kappa shape index (κ3) is 12.6. The van der Waals surface area contributed by atoms with Crippen LogP contribution in [-0.4, -0.2) is 93.7 Å². The van der Waals surface area contributed by atoms with Gasteiger partial charge in [0.25, 0.3) is 0 Å². The number of cyclic esters (lactones) is 1. The molecule has 2 fully saturated rings. The van der Waals surface area contributed by atoms with Crippen LogP contribution in [-0.2, 0) is 85.1 Å². The van der Waals surface area contributed by atoms with E-state index in [2.05, 4.69) is 0 Å². The highest BCUT2D eigenvalue weighted by atomic mass is 16.8. The molecule has 0 aliphatic carbocycles. The van der Waals surface area contributed by atoms with Crippen molar-refractivity contribution in [2.24, 2.45) is 0 Å². The van der Waals surface area contributed by atoms with Crippen LogP contribution in [0.1, 0.15) is 48.5 Å². The summed E-state index contributed by atoms with van der Waals surface area (Å²) in [6, 6.07) is 54.8. The van der Waals surface area contributed by atoms with E-state index < -0.39 is 73.4 Å². The first-order chi connectivity index (χ1) is 34.0. The fraction of sp³-hybridized carbons (Fsp3) is 0.321.